The first-order valence-corrected chi connectivity index (χ1v) is 13.0. The lowest BCUT2D eigenvalue weighted by Gasteiger charge is -2.37. The molecule has 190 valence electrons. The van der Waals surface area contributed by atoms with Gasteiger partial charge in [-0.25, -0.2) is 0 Å². The topological polar surface area (TPSA) is 40.6 Å². The highest BCUT2D eigenvalue weighted by Crippen LogP contribution is 2.38. The Morgan fingerprint density at radius 2 is 1.89 bits per heavy atom. The summed E-state index contributed by atoms with van der Waals surface area (Å²) in [5, 5.41) is 2.60. The fraction of sp³-hybridized carbons (Fsp3) is 0.333. The van der Waals surface area contributed by atoms with Crippen LogP contribution in [-0.4, -0.2) is 41.2 Å². The third-order valence-electron chi connectivity index (χ3n) is 6.30. The predicted molar refractivity (Wildman–Crippen MR) is 135 cm³/mol. The zero-order valence-electron chi connectivity index (χ0n) is 19.7. The standard InChI is InChI=1S/C27H26ClF3N2O2S/c1-2-3-13-32(26(35)19-5-4-6-20(16-19)27(29,30)31)17-24(34)33-14-11-23-22(12-15-36-23)25(33)18-7-9-21(28)10-8-18/h4-10,12,15-16,25H,2-3,11,13-14,17H2,1H3. The minimum atomic E-state index is -4.56. The predicted octanol–water partition coefficient (Wildman–Crippen LogP) is 6.84. The number of thiophene rings is 1. The van der Waals surface area contributed by atoms with Crippen LogP contribution in [0.2, 0.25) is 5.02 Å². The number of carbonyl (C=O) groups is 2. The van der Waals surface area contributed by atoms with Crippen molar-refractivity contribution in [2.45, 2.75) is 38.4 Å². The number of benzene rings is 2. The third-order valence-corrected chi connectivity index (χ3v) is 7.55. The lowest BCUT2D eigenvalue weighted by atomic mass is 9.93. The van der Waals surface area contributed by atoms with Crippen molar-refractivity contribution < 1.29 is 22.8 Å². The molecule has 2 amide bonds. The number of alkyl halides is 3. The molecule has 1 aliphatic rings. The van der Waals surface area contributed by atoms with Crippen LogP contribution in [0.1, 0.15) is 57.7 Å². The Morgan fingerprint density at radius 1 is 1.14 bits per heavy atom. The van der Waals surface area contributed by atoms with E-state index in [2.05, 4.69) is 0 Å². The van der Waals surface area contributed by atoms with E-state index in [4.69, 9.17) is 11.6 Å². The molecular weight excluding hydrogens is 509 g/mol. The van der Waals surface area contributed by atoms with Crippen molar-refractivity contribution in [2.75, 3.05) is 19.6 Å². The van der Waals surface area contributed by atoms with Gasteiger partial charge < -0.3 is 9.80 Å². The summed E-state index contributed by atoms with van der Waals surface area (Å²) in [5.74, 6) is -0.831. The van der Waals surface area contributed by atoms with Crippen molar-refractivity contribution >= 4 is 34.8 Å². The fourth-order valence-corrected chi connectivity index (χ4v) is 5.49. The number of hydrogen-bond donors (Lipinski definition) is 0. The lowest BCUT2D eigenvalue weighted by molar-refractivity contribution is -0.137. The van der Waals surface area contributed by atoms with Gasteiger partial charge in [-0.1, -0.05) is 43.1 Å². The largest absolute Gasteiger partial charge is 0.416 e. The molecule has 0 N–H and O–H groups in total. The average Bonchev–Trinajstić information content (AvgIpc) is 3.34. The van der Waals surface area contributed by atoms with Crippen LogP contribution in [0.25, 0.3) is 0 Å². The molecule has 0 aliphatic carbocycles. The van der Waals surface area contributed by atoms with Gasteiger partial charge in [0.25, 0.3) is 5.91 Å². The number of rotatable bonds is 7. The van der Waals surface area contributed by atoms with Gasteiger partial charge in [0.15, 0.2) is 0 Å². The molecule has 0 radical (unpaired) electrons. The molecule has 0 saturated carbocycles. The van der Waals surface area contributed by atoms with E-state index in [9.17, 15) is 22.8 Å². The van der Waals surface area contributed by atoms with Gasteiger partial charge in [0.1, 0.15) is 6.54 Å². The van der Waals surface area contributed by atoms with E-state index in [1.165, 1.54) is 21.9 Å². The van der Waals surface area contributed by atoms with E-state index in [-0.39, 0.29) is 30.6 Å². The van der Waals surface area contributed by atoms with Crippen LogP contribution in [0.15, 0.2) is 60.0 Å². The fourth-order valence-electron chi connectivity index (χ4n) is 4.46. The summed E-state index contributed by atoms with van der Waals surface area (Å²) < 4.78 is 39.7. The number of unbranched alkanes of at least 4 members (excludes halogenated alkanes) is 1. The SMILES string of the molecule is CCCCN(CC(=O)N1CCc2sccc2C1c1ccc(Cl)cc1)C(=O)c1cccc(C(F)(F)F)c1. The second-order valence-electron chi connectivity index (χ2n) is 8.75. The maximum Gasteiger partial charge on any atom is 0.416 e. The van der Waals surface area contributed by atoms with E-state index in [1.54, 1.807) is 28.4 Å². The van der Waals surface area contributed by atoms with E-state index in [1.807, 2.05) is 30.5 Å². The number of fused-ring (bicyclic) bond motifs is 1. The molecule has 36 heavy (non-hydrogen) atoms. The van der Waals surface area contributed by atoms with Gasteiger partial charge in [-0.3, -0.25) is 9.59 Å². The first-order valence-electron chi connectivity index (χ1n) is 11.8. The highest BCUT2D eigenvalue weighted by Gasteiger charge is 2.35. The Morgan fingerprint density at radius 3 is 2.58 bits per heavy atom. The molecule has 1 aromatic heterocycles. The molecule has 9 heteroatoms. The summed E-state index contributed by atoms with van der Waals surface area (Å²) in [6, 6.07) is 13.4. The summed E-state index contributed by atoms with van der Waals surface area (Å²) in [5.41, 5.74) is 0.989. The maximum absolute atomic E-state index is 13.6. The van der Waals surface area contributed by atoms with Crippen LogP contribution in [0.5, 0.6) is 0 Å². The Balaban J connectivity index is 1.61. The van der Waals surface area contributed by atoms with E-state index in [0.717, 1.165) is 29.7 Å². The van der Waals surface area contributed by atoms with Crippen LogP contribution >= 0.6 is 22.9 Å². The van der Waals surface area contributed by atoms with Crippen LogP contribution in [0, 0.1) is 0 Å². The number of amides is 2. The van der Waals surface area contributed by atoms with E-state index < -0.39 is 17.6 Å². The monoisotopic (exact) mass is 534 g/mol. The van der Waals surface area contributed by atoms with Crippen molar-refractivity contribution in [1.82, 2.24) is 9.80 Å². The molecule has 0 saturated heterocycles. The summed E-state index contributed by atoms with van der Waals surface area (Å²) in [6.07, 6.45) is -2.44. The van der Waals surface area contributed by atoms with Gasteiger partial charge in [-0.2, -0.15) is 13.2 Å². The van der Waals surface area contributed by atoms with Crippen LogP contribution < -0.4 is 0 Å². The molecule has 2 heterocycles. The quantitative estimate of drug-likeness (QED) is 0.333. The minimum Gasteiger partial charge on any atom is -0.330 e. The molecule has 1 aliphatic heterocycles. The zero-order chi connectivity index (χ0) is 25.9. The van der Waals surface area contributed by atoms with Crippen molar-refractivity contribution in [1.29, 1.82) is 0 Å². The van der Waals surface area contributed by atoms with Gasteiger partial charge in [0, 0.05) is 28.6 Å². The molecule has 1 atom stereocenters. The Kier molecular flexibility index (Phi) is 8.05. The lowest BCUT2D eigenvalue weighted by Crippen LogP contribution is -2.47. The first kappa shape index (κ1) is 26.2. The van der Waals surface area contributed by atoms with Crippen LogP contribution in [-0.2, 0) is 17.4 Å². The highest BCUT2D eigenvalue weighted by atomic mass is 35.5. The second kappa shape index (κ2) is 11.0. The molecule has 1 unspecified atom stereocenters. The number of hydrogen-bond acceptors (Lipinski definition) is 3. The van der Waals surface area contributed by atoms with Gasteiger partial charge in [0.2, 0.25) is 5.91 Å². The highest BCUT2D eigenvalue weighted by molar-refractivity contribution is 7.10. The van der Waals surface area contributed by atoms with Crippen molar-refractivity contribution in [3.05, 3.63) is 92.1 Å². The zero-order valence-corrected chi connectivity index (χ0v) is 21.3. The molecular formula is C27H26ClF3N2O2S. The second-order valence-corrected chi connectivity index (χ2v) is 10.2. The molecule has 3 aromatic rings. The summed E-state index contributed by atoms with van der Waals surface area (Å²) in [7, 11) is 0. The molecule has 4 rings (SSSR count). The van der Waals surface area contributed by atoms with Crippen molar-refractivity contribution in [2.24, 2.45) is 0 Å². The normalized spacial score (nSPS) is 15.5. The number of nitrogens with zero attached hydrogens (tertiary/aromatic N) is 2. The Bertz CT molecular complexity index is 1230. The number of carbonyl (C=O) groups excluding carboxylic acids is 2. The van der Waals surface area contributed by atoms with Gasteiger partial charge >= 0.3 is 6.18 Å². The molecule has 2 aromatic carbocycles. The third kappa shape index (κ3) is 5.76. The summed E-state index contributed by atoms with van der Waals surface area (Å²) in [6.45, 7) is 2.51. The summed E-state index contributed by atoms with van der Waals surface area (Å²) in [4.78, 5) is 31.2. The van der Waals surface area contributed by atoms with E-state index >= 15 is 0 Å². The number of halogens is 4. The van der Waals surface area contributed by atoms with Gasteiger partial charge in [-0.15, -0.1) is 11.3 Å². The minimum absolute atomic E-state index is 0.0817. The first-order chi connectivity index (χ1) is 17.2. The van der Waals surface area contributed by atoms with Crippen molar-refractivity contribution in [3.63, 3.8) is 0 Å². The van der Waals surface area contributed by atoms with E-state index in [0.29, 0.717) is 24.4 Å². The smallest absolute Gasteiger partial charge is 0.330 e. The van der Waals surface area contributed by atoms with Crippen LogP contribution in [0.4, 0.5) is 13.2 Å². The Labute approximate surface area is 217 Å². The van der Waals surface area contributed by atoms with Crippen molar-refractivity contribution in [3.8, 4) is 0 Å². The Hall–Kier alpha value is -2.84. The molecule has 0 spiro atoms. The molecule has 0 bridgehead atoms. The molecule has 0 fully saturated rings. The maximum atomic E-state index is 13.6. The van der Waals surface area contributed by atoms with Crippen LogP contribution in [0.3, 0.4) is 0 Å². The molecule has 4 nitrogen and oxygen atoms in total. The average molecular weight is 535 g/mol. The van der Waals surface area contributed by atoms with Gasteiger partial charge in [0.05, 0.1) is 11.6 Å². The van der Waals surface area contributed by atoms with Gasteiger partial charge in [-0.05, 0) is 65.7 Å². The summed E-state index contributed by atoms with van der Waals surface area (Å²) >= 11 is 7.74.